The van der Waals surface area contributed by atoms with E-state index in [4.69, 9.17) is 37.9 Å². The van der Waals surface area contributed by atoms with E-state index < -0.39 is 5.41 Å². The molecule has 14 rings (SSSR count). The van der Waals surface area contributed by atoms with Crippen molar-refractivity contribution in [3.63, 3.8) is 0 Å². The predicted molar refractivity (Wildman–Crippen MR) is 412 cm³/mol. The smallest absolute Gasteiger partial charge is 0.121 e. The van der Waals surface area contributed by atoms with Crippen molar-refractivity contribution in [1.82, 2.24) is 0 Å². The number of methoxy groups -OCH3 is 8. The summed E-state index contributed by atoms with van der Waals surface area (Å²) < 4.78 is 47.5. The molecule has 0 saturated heterocycles. The minimum Gasteiger partial charge on any atom is -0.496 e. The molecule has 101 heavy (non-hydrogen) atoms. The highest BCUT2D eigenvalue weighted by Gasteiger charge is 2.53. The van der Waals surface area contributed by atoms with E-state index in [0.717, 1.165) is 203 Å². The van der Waals surface area contributed by atoms with Gasteiger partial charge in [0, 0.05) is 68.2 Å². The molecule has 0 atom stereocenters. The van der Waals surface area contributed by atoms with Crippen LogP contribution in [0.3, 0.4) is 0 Å². The minimum absolute atomic E-state index is 0.806. The van der Waals surface area contributed by atoms with Crippen LogP contribution in [0.1, 0.15) is 66.8 Å². The molecular formula is C89H84N4O8. The first kappa shape index (κ1) is 66.5. The van der Waals surface area contributed by atoms with Gasteiger partial charge in [0.25, 0.3) is 0 Å². The lowest BCUT2D eigenvalue weighted by Gasteiger charge is -2.35. The summed E-state index contributed by atoms with van der Waals surface area (Å²) in [4.78, 5) is 9.46. The van der Waals surface area contributed by atoms with Crippen LogP contribution in [-0.4, -0.2) is 56.9 Å². The zero-order valence-electron chi connectivity index (χ0n) is 60.3. The number of hydrogen-bond donors (Lipinski definition) is 0. The van der Waals surface area contributed by atoms with Crippen molar-refractivity contribution in [3.05, 3.63) is 285 Å². The maximum absolute atomic E-state index is 5.93. The summed E-state index contributed by atoms with van der Waals surface area (Å²) in [6, 6.07) is 79.8. The van der Waals surface area contributed by atoms with E-state index >= 15 is 0 Å². The van der Waals surface area contributed by atoms with E-state index in [1.807, 2.05) is 0 Å². The highest BCUT2D eigenvalue weighted by atomic mass is 16.5. The van der Waals surface area contributed by atoms with Crippen LogP contribution in [0.5, 0.6) is 46.0 Å². The molecule has 1 spiro atoms. The van der Waals surface area contributed by atoms with Crippen molar-refractivity contribution in [2.24, 2.45) is 0 Å². The zero-order chi connectivity index (χ0) is 70.7. The summed E-state index contributed by atoms with van der Waals surface area (Å²) in [6.45, 7) is 16.8. The molecule has 0 aromatic heterocycles. The third-order valence-corrected chi connectivity index (χ3v) is 20.3. The van der Waals surface area contributed by atoms with Crippen LogP contribution >= 0.6 is 0 Å². The maximum atomic E-state index is 5.93. The molecule has 12 aromatic carbocycles. The molecule has 0 bridgehead atoms. The third kappa shape index (κ3) is 11.4. The molecular weight excluding hydrogens is 1250 g/mol. The lowest BCUT2D eigenvalue weighted by molar-refractivity contribution is 0.411. The van der Waals surface area contributed by atoms with E-state index in [2.05, 4.69) is 293 Å². The normalized spacial score (nSPS) is 12.0. The van der Waals surface area contributed by atoms with Gasteiger partial charge in [0.1, 0.15) is 46.0 Å². The molecule has 2 aliphatic carbocycles. The Morgan fingerprint density at radius 1 is 0.178 bits per heavy atom. The molecule has 0 aliphatic heterocycles. The fourth-order valence-electron chi connectivity index (χ4n) is 15.5. The molecule has 12 heteroatoms. The van der Waals surface area contributed by atoms with Gasteiger partial charge in [-0.3, -0.25) is 0 Å². The predicted octanol–water partition coefficient (Wildman–Crippen LogP) is 22.4. The van der Waals surface area contributed by atoms with Crippen LogP contribution < -0.4 is 57.5 Å². The van der Waals surface area contributed by atoms with Crippen LogP contribution in [0.2, 0.25) is 0 Å². The third-order valence-electron chi connectivity index (χ3n) is 20.3. The fourth-order valence-corrected chi connectivity index (χ4v) is 15.5. The number of rotatable bonds is 20. The molecule has 0 fully saturated rings. The standard InChI is InChI=1S/C89H84N4O8/c1-53-41-61(21-33-81(53)94-9)90(62-22-34-82(95-10)54(2)42-62)69-17-29-73-74-30-18-70(91(63-23-35-83(96-11)55(3)43-63)64-24-36-84(97-12)56(4)44-64)50-78(74)89(77(73)49-69)79-51-71(92(65-25-37-85(98-13)57(5)45-65)66-26-38-86(99-14)58(6)46-66)19-31-75(79)76-32-20-72(52-80(76)89)93(67-27-39-87(100-15)59(7)47-67)68-28-40-88(101-16)60(8)48-68/h17-52H,1-16H3. The Morgan fingerprint density at radius 3 is 0.436 bits per heavy atom. The first-order valence-electron chi connectivity index (χ1n) is 33.9. The van der Waals surface area contributed by atoms with Gasteiger partial charge in [-0.2, -0.15) is 0 Å². The van der Waals surface area contributed by atoms with Crippen LogP contribution in [0.4, 0.5) is 68.2 Å². The lowest BCUT2D eigenvalue weighted by atomic mass is 9.70. The van der Waals surface area contributed by atoms with Crippen molar-refractivity contribution in [1.29, 1.82) is 0 Å². The topological polar surface area (TPSA) is 86.8 Å². The molecule has 0 heterocycles. The van der Waals surface area contributed by atoms with Gasteiger partial charge in [0.05, 0.1) is 62.3 Å². The van der Waals surface area contributed by atoms with Gasteiger partial charge in [-0.15, -0.1) is 0 Å². The van der Waals surface area contributed by atoms with Gasteiger partial charge in [-0.1, -0.05) is 24.3 Å². The fraction of sp³-hybridized carbons (Fsp3) is 0.191. The Kier molecular flexibility index (Phi) is 17.7. The van der Waals surface area contributed by atoms with Gasteiger partial charge in [-0.25, -0.2) is 0 Å². The molecule has 0 radical (unpaired) electrons. The van der Waals surface area contributed by atoms with E-state index in [1.54, 1.807) is 56.9 Å². The summed E-state index contributed by atoms with van der Waals surface area (Å²) in [7, 11) is 13.8. The number of fused-ring (bicyclic) bond motifs is 10. The molecule has 0 unspecified atom stereocenters. The second-order valence-electron chi connectivity index (χ2n) is 26.2. The second-order valence-corrected chi connectivity index (χ2v) is 26.2. The van der Waals surface area contributed by atoms with Gasteiger partial charge >= 0.3 is 0 Å². The van der Waals surface area contributed by atoms with Crippen LogP contribution in [0.25, 0.3) is 22.3 Å². The van der Waals surface area contributed by atoms with Crippen molar-refractivity contribution < 1.29 is 37.9 Å². The average molecular weight is 1340 g/mol. The molecule has 12 nitrogen and oxygen atoms in total. The highest BCUT2D eigenvalue weighted by Crippen LogP contribution is 2.66. The van der Waals surface area contributed by atoms with E-state index in [-0.39, 0.29) is 0 Å². The van der Waals surface area contributed by atoms with Crippen LogP contribution in [-0.2, 0) is 5.41 Å². The molecule has 508 valence electrons. The van der Waals surface area contributed by atoms with Crippen molar-refractivity contribution in [3.8, 4) is 68.2 Å². The Hall–Kier alpha value is -11.8. The Balaban J connectivity index is 1.13. The summed E-state index contributed by atoms with van der Waals surface area (Å²) in [6.07, 6.45) is 0. The van der Waals surface area contributed by atoms with Gasteiger partial charge in [0.15, 0.2) is 0 Å². The van der Waals surface area contributed by atoms with Crippen molar-refractivity contribution in [2.45, 2.75) is 60.8 Å². The SMILES string of the molecule is COc1ccc(N(c2ccc(OC)c(C)c2)c2ccc3c(c2)C2(c4cc(N(c5ccc(OC)c(C)c5)c5ccc(OC)c(C)c5)ccc4-3)c3cc(N(c4ccc(OC)c(C)c4)c4ccc(OC)c(C)c4)ccc3-c3ccc(N(c4ccc(OC)c(C)c4)c4ccc(OC)c(C)c4)cc32)cc1C. The average Bonchev–Trinajstić information content (AvgIpc) is 1.50. The number of hydrogen-bond acceptors (Lipinski definition) is 12. The summed E-state index contributed by atoms with van der Waals surface area (Å²) in [5.74, 6) is 6.45. The number of benzene rings is 12. The van der Waals surface area contributed by atoms with E-state index in [9.17, 15) is 0 Å². The zero-order valence-corrected chi connectivity index (χ0v) is 60.3. The Labute approximate surface area is 593 Å². The monoisotopic (exact) mass is 1340 g/mol. The lowest BCUT2D eigenvalue weighted by Crippen LogP contribution is -2.27. The molecule has 2 aliphatic rings. The first-order chi connectivity index (χ1) is 49.0. The van der Waals surface area contributed by atoms with E-state index in [0.29, 0.717) is 0 Å². The summed E-state index contributed by atoms with van der Waals surface area (Å²) in [5.41, 5.74) is 27.5. The highest BCUT2D eigenvalue weighted by molar-refractivity contribution is 6.00. The quantitative estimate of drug-likeness (QED) is 0.0728. The van der Waals surface area contributed by atoms with Gasteiger partial charge < -0.3 is 57.5 Å². The summed E-state index contributed by atoms with van der Waals surface area (Å²) in [5, 5.41) is 0. The number of anilines is 12. The minimum atomic E-state index is -1.04. The van der Waals surface area contributed by atoms with Crippen molar-refractivity contribution >= 4 is 68.2 Å². The molecule has 0 saturated carbocycles. The Bertz CT molecular complexity index is 4370. The van der Waals surface area contributed by atoms with Gasteiger partial charge in [0.2, 0.25) is 0 Å². The van der Waals surface area contributed by atoms with Crippen LogP contribution in [0, 0.1) is 55.4 Å². The number of ether oxygens (including phenoxy) is 8. The number of aryl methyl sites for hydroxylation is 8. The summed E-state index contributed by atoms with van der Waals surface area (Å²) >= 11 is 0. The van der Waals surface area contributed by atoms with Crippen molar-refractivity contribution in [2.75, 3.05) is 76.5 Å². The van der Waals surface area contributed by atoms with Crippen LogP contribution in [0.15, 0.2) is 218 Å². The largest absolute Gasteiger partial charge is 0.496 e. The second kappa shape index (κ2) is 26.8. The molecule has 12 aromatic rings. The number of nitrogens with zero attached hydrogens (tertiary/aromatic N) is 4. The molecule has 0 amide bonds. The van der Waals surface area contributed by atoms with Gasteiger partial charge in [-0.05, 0) is 339 Å². The maximum Gasteiger partial charge on any atom is 0.121 e. The molecule has 0 N–H and O–H groups in total. The first-order valence-corrected chi connectivity index (χ1v) is 33.9. The Morgan fingerprint density at radius 2 is 0.307 bits per heavy atom. The van der Waals surface area contributed by atoms with E-state index in [1.165, 1.54) is 0 Å².